The zero-order valence-electron chi connectivity index (χ0n) is 15.7. The van der Waals surface area contributed by atoms with Gasteiger partial charge in [0.25, 0.3) is 0 Å². The van der Waals surface area contributed by atoms with Crippen molar-refractivity contribution < 1.29 is 19.1 Å². The lowest BCUT2D eigenvalue weighted by molar-refractivity contribution is -0.153. The van der Waals surface area contributed by atoms with E-state index in [-0.39, 0.29) is 12.5 Å². The second-order valence-corrected chi connectivity index (χ2v) is 7.42. The molecular formula is C20H21N3O4S. The fraction of sp³-hybridized carbons (Fsp3) is 0.350. The number of carbonyl (C=O) groups is 2. The summed E-state index contributed by atoms with van der Waals surface area (Å²) in [5.41, 5.74) is 1.65. The van der Waals surface area contributed by atoms with Gasteiger partial charge in [-0.15, -0.1) is 11.3 Å². The number of ether oxygens (including phenoxy) is 2. The summed E-state index contributed by atoms with van der Waals surface area (Å²) in [5.74, 6) is -1.27. The van der Waals surface area contributed by atoms with Crippen LogP contribution < -0.4 is 4.90 Å². The fourth-order valence-electron chi connectivity index (χ4n) is 3.65. The van der Waals surface area contributed by atoms with Crippen LogP contribution in [0.4, 0.5) is 5.95 Å². The van der Waals surface area contributed by atoms with E-state index in [4.69, 9.17) is 14.5 Å². The van der Waals surface area contributed by atoms with Crippen molar-refractivity contribution in [3.05, 3.63) is 46.7 Å². The number of thiophene rings is 1. The molecule has 28 heavy (non-hydrogen) atoms. The molecule has 3 aromatic rings. The lowest BCUT2D eigenvalue weighted by atomic mass is 9.94. The van der Waals surface area contributed by atoms with Gasteiger partial charge in [0.15, 0.2) is 5.92 Å². The zero-order valence-corrected chi connectivity index (χ0v) is 16.5. The van der Waals surface area contributed by atoms with Gasteiger partial charge in [-0.1, -0.05) is 18.2 Å². The molecule has 0 saturated carbocycles. The highest BCUT2D eigenvalue weighted by atomic mass is 32.1. The normalized spacial score (nSPS) is 19.1. The lowest BCUT2D eigenvalue weighted by Gasteiger charge is -2.37. The number of para-hydroxylation sites is 2. The number of esters is 1. The Morgan fingerprint density at radius 2 is 2.07 bits per heavy atom. The van der Waals surface area contributed by atoms with Crippen LogP contribution in [0.2, 0.25) is 0 Å². The molecule has 1 amide bonds. The average Bonchev–Trinajstić information content (AvgIpc) is 3.34. The van der Waals surface area contributed by atoms with Gasteiger partial charge in [0.2, 0.25) is 11.9 Å². The monoisotopic (exact) mass is 399 g/mol. The summed E-state index contributed by atoms with van der Waals surface area (Å²) in [6.45, 7) is 2.61. The van der Waals surface area contributed by atoms with E-state index in [0.29, 0.717) is 19.1 Å². The molecule has 0 spiro atoms. The number of imidazole rings is 1. The molecular weight excluding hydrogens is 378 g/mol. The minimum absolute atomic E-state index is 0.218. The van der Waals surface area contributed by atoms with Crippen LogP contribution in [0.5, 0.6) is 0 Å². The largest absolute Gasteiger partial charge is 0.465 e. The van der Waals surface area contributed by atoms with E-state index in [0.717, 1.165) is 15.9 Å². The van der Waals surface area contributed by atoms with Crippen molar-refractivity contribution in [2.45, 2.75) is 13.0 Å². The number of rotatable bonds is 6. The van der Waals surface area contributed by atoms with Crippen molar-refractivity contribution in [1.82, 2.24) is 9.55 Å². The predicted molar refractivity (Wildman–Crippen MR) is 107 cm³/mol. The molecule has 0 aliphatic carbocycles. The molecule has 0 saturated heterocycles. The van der Waals surface area contributed by atoms with Gasteiger partial charge in [0.1, 0.15) is 0 Å². The summed E-state index contributed by atoms with van der Waals surface area (Å²) in [6, 6.07) is 11.1. The van der Waals surface area contributed by atoms with E-state index >= 15 is 0 Å². The molecule has 4 rings (SSSR count). The maximum atomic E-state index is 13.4. The van der Waals surface area contributed by atoms with Crippen molar-refractivity contribution in [1.29, 1.82) is 0 Å². The molecule has 0 N–H and O–H groups in total. The average molecular weight is 399 g/mol. The summed E-state index contributed by atoms with van der Waals surface area (Å²) < 4.78 is 12.5. The van der Waals surface area contributed by atoms with Crippen molar-refractivity contribution in [2.75, 3.05) is 31.8 Å². The summed E-state index contributed by atoms with van der Waals surface area (Å²) >= 11 is 1.51. The SMILES string of the molecule is CCOC(=O)[C@@H]1C(=O)N(CCOC)c2nc3ccccc3n2[C@H]1c1cccs1. The minimum atomic E-state index is -0.972. The van der Waals surface area contributed by atoms with Gasteiger partial charge in [-0.2, -0.15) is 0 Å². The standard InChI is InChI=1S/C20H21N3O4S/c1-3-27-19(25)16-17(15-9-6-12-28-15)23-14-8-5-4-7-13(14)21-20(23)22(18(16)24)10-11-26-2/h4-9,12,16-17H,3,10-11H2,1-2H3/t16-,17-/m0/s1. The molecule has 1 aromatic carbocycles. The smallest absolute Gasteiger partial charge is 0.321 e. The maximum Gasteiger partial charge on any atom is 0.321 e. The van der Waals surface area contributed by atoms with Gasteiger partial charge in [-0.3, -0.25) is 19.1 Å². The van der Waals surface area contributed by atoms with Gasteiger partial charge in [0, 0.05) is 12.0 Å². The molecule has 2 aromatic heterocycles. The molecule has 146 valence electrons. The quantitative estimate of drug-likeness (QED) is 0.471. The molecule has 0 radical (unpaired) electrons. The van der Waals surface area contributed by atoms with Gasteiger partial charge < -0.3 is 9.47 Å². The number of hydrogen-bond acceptors (Lipinski definition) is 6. The Labute approximate surface area is 166 Å². The van der Waals surface area contributed by atoms with Crippen molar-refractivity contribution >= 4 is 40.2 Å². The van der Waals surface area contributed by atoms with Gasteiger partial charge >= 0.3 is 5.97 Å². The maximum absolute atomic E-state index is 13.4. The van der Waals surface area contributed by atoms with Crippen LogP contribution in [0, 0.1) is 5.92 Å². The van der Waals surface area contributed by atoms with E-state index in [9.17, 15) is 9.59 Å². The Hall–Kier alpha value is -2.71. The van der Waals surface area contributed by atoms with E-state index in [1.54, 1.807) is 14.0 Å². The highest BCUT2D eigenvalue weighted by Gasteiger charge is 2.48. The Kier molecular flexibility index (Phi) is 5.15. The molecule has 8 heteroatoms. The van der Waals surface area contributed by atoms with Crippen LogP contribution in [-0.2, 0) is 19.1 Å². The molecule has 3 heterocycles. The second-order valence-electron chi connectivity index (χ2n) is 6.44. The number of hydrogen-bond donors (Lipinski definition) is 0. The second kappa shape index (κ2) is 7.73. The van der Waals surface area contributed by atoms with Gasteiger partial charge in [-0.25, -0.2) is 4.98 Å². The Morgan fingerprint density at radius 3 is 2.79 bits per heavy atom. The number of fused-ring (bicyclic) bond motifs is 3. The summed E-state index contributed by atoms with van der Waals surface area (Å²) in [7, 11) is 1.58. The van der Waals surface area contributed by atoms with Crippen LogP contribution >= 0.6 is 11.3 Å². The summed E-state index contributed by atoms with van der Waals surface area (Å²) in [5, 5.41) is 1.94. The number of nitrogens with zero attached hydrogens (tertiary/aromatic N) is 3. The topological polar surface area (TPSA) is 73.7 Å². The molecule has 0 unspecified atom stereocenters. The molecule has 1 aliphatic heterocycles. The van der Waals surface area contributed by atoms with E-state index in [1.165, 1.54) is 16.2 Å². The number of amides is 1. The number of carbonyl (C=O) groups excluding carboxylic acids is 2. The Balaban J connectivity index is 1.95. The van der Waals surface area contributed by atoms with E-state index < -0.39 is 17.9 Å². The van der Waals surface area contributed by atoms with E-state index in [1.807, 2.05) is 46.3 Å². The summed E-state index contributed by atoms with van der Waals surface area (Å²) in [4.78, 5) is 33.4. The van der Waals surface area contributed by atoms with Crippen molar-refractivity contribution in [2.24, 2.45) is 5.92 Å². The number of methoxy groups -OCH3 is 1. The summed E-state index contributed by atoms with van der Waals surface area (Å²) in [6.07, 6.45) is 0. The lowest BCUT2D eigenvalue weighted by Crippen LogP contribution is -2.50. The molecule has 7 nitrogen and oxygen atoms in total. The van der Waals surface area contributed by atoms with Crippen molar-refractivity contribution in [3.8, 4) is 0 Å². The van der Waals surface area contributed by atoms with Gasteiger partial charge in [-0.05, 0) is 30.5 Å². The third kappa shape index (κ3) is 2.98. The molecule has 1 aliphatic rings. The van der Waals surface area contributed by atoms with Gasteiger partial charge in [0.05, 0.1) is 36.8 Å². The first kappa shape index (κ1) is 18.6. The highest BCUT2D eigenvalue weighted by Crippen LogP contribution is 2.42. The van der Waals surface area contributed by atoms with E-state index in [2.05, 4.69) is 0 Å². The van der Waals surface area contributed by atoms with Crippen LogP contribution in [0.3, 0.4) is 0 Å². The highest BCUT2D eigenvalue weighted by molar-refractivity contribution is 7.10. The number of aromatic nitrogens is 2. The predicted octanol–water partition coefficient (Wildman–Crippen LogP) is 2.86. The van der Waals surface area contributed by atoms with Crippen LogP contribution in [0.25, 0.3) is 11.0 Å². The number of anilines is 1. The first-order valence-electron chi connectivity index (χ1n) is 9.14. The Bertz CT molecular complexity index is 998. The molecule has 0 fully saturated rings. The number of benzene rings is 1. The van der Waals surface area contributed by atoms with Crippen LogP contribution in [0.15, 0.2) is 41.8 Å². The first-order chi connectivity index (χ1) is 13.7. The minimum Gasteiger partial charge on any atom is -0.465 e. The molecule has 2 atom stereocenters. The van der Waals surface area contributed by atoms with Crippen LogP contribution in [-0.4, -0.2) is 48.3 Å². The third-order valence-electron chi connectivity index (χ3n) is 4.84. The fourth-order valence-corrected chi connectivity index (χ4v) is 4.50. The third-order valence-corrected chi connectivity index (χ3v) is 5.78. The zero-order chi connectivity index (χ0) is 19.7. The van der Waals surface area contributed by atoms with Crippen molar-refractivity contribution in [3.63, 3.8) is 0 Å². The molecule has 0 bridgehead atoms. The van der Waals surface area contributed by atoms with Crippen LogP contribution in [0.1, 0.15) is 17.8 Å². The Morgan fingerprint density at radius 1 is 1.25 bits per heavy atom. The first-order valence-corrected chi connectivity index (χ1v) is 10.0.